The van der Waals surface area contributed by atoms with Crippen molar-refractivity contribution < 1.29 is 9.21 Å². The first-order chi connectivity index (χ1) is 7.66. The van der Waals surface area contributed by atoms with Crippen LogP contribution in [0.2, 0.25) is 0 Å². The van der Waals surface area contributed by atoms with Crippen molar-refractivity contribution in [3.05, 3.63) is 53.5 Å². The van der Waals surface area contributed by atoms with Gasteiger partial charge < -0.3 is 9.73 Å². The highest BCUT2D eigenvalue weighted by Crippen LogP contribution is 2.15. The maximum Gasteiger partial charge on any atom is 0.291 e. The predicted octanol–water partition coefficient (Wildman–Crippen LogP) is 3.15. The number of carbonyl (C=O) groups excluding carboxylic acids is 1. The first-order valence-corrected chi connectivity index (χ1v) is 5.09. The van der Waals surface area contributed by atoms with E-state index >= 15 is 0 Å². The Labute approximate surface area is 94.1 Å². The van der Waals surface area contributed by atoms with E-state index in [0.717, 1.165) is 16.8 Å². The minimum Gasteiger partial charge on any atom is -0.459 e. The van der Waals surface area contributed by atoms with Gasteiger partial charge in [0, 0.05) is 5.69 Å². The third kappa shape index (κ3) is 2.14. The van der Waals surface area contributed by atoms with Gasteiger partial charge in [-0.2, -0.15) is 0 Å². The van der Waals surface area contributed by atoms with E-state index in [1.165, 1.54) is 0 Å². The lowest BCUT2D eigenvalue weighted by molar-refractivity contribution is 0.0996. The van der Waals surface area contributed by atoms with Crippen LogP contribution in [-0.4, -0.2) is 5.91 Å². The Morgan fingerprint density at radius 1 is 1.25 bits per heavy atom. The van der Waals surface area contributed by atoms with Crippen molar-refractivity contribution in [3.8, 4) is 0 Å². The van der Waals surface area contributed by atoms with E-state index in [1.807, 2.05) is 38.1 Å². The molecule has 0 fully saturated rings. The maximum atomic E-state index is 11.8. The van der Waals surface area contributed by atoms with Gasteiger partial charge in [-0.1, -0.05) is 18.2 Å². The lowest BCUT2D eigenvalue weighted by Gasteiger charge is -2.05. The summed E-state index contributed by atoms with van der Waals surface area (Å²) in [6.07, 6.45) is 1.56. The summed E-state index contributed by atoms with van der Waals surface area (Å²) < 4.78 is 5.13. The van der Waals surface area contributed by atoms with E-state index < -0.39 is 0 Å². The SMILES string of the molecule is Cc1coc(C(=O)Nc2ccccc2C)c1. The Morgan fingerprint density at radius 2 is 2.00 bits per heavy atom. The number of amides is 1. The third-order valence-corrected chi connectivity index (χ3v) is 2.35. The molecule has 3 heteroatoms. The number of rotatable bonds is 2. The van der Waals surface area contributed by atoms with Gasteiger partial charge in [0.25, 0.3) is 5.91 Å². The number of furan rings is 1. The molecule has 0 spiro atoms. The molecule has 1 aromatic carbocycles. The summed E-state index contributed by atoms with van der Waals surface area (Å²) in [5.41, 5.74) is 2.77. The molecule has 1 aromatic heterocycles. The van der Waals surface area contributed by atoms with E-state index in [4.69, 9.17) is 4.42 Å². The number of hydrogen-bond acceptors (Lipinski definition) is 2. The summed E-state index contributed by atoms with van der Waals surface area (Å²) in [5, 5.41) is 2.81. The van der Waals surface area contributed by atoms with Crippen LogP contribution in [-0.2, 0) is 0 Å². The lowest BCUT2D eigenvalue weighted by atomic mass is 10.2. The summed E-state index contributed by atoms with van der Waals surface area (Å²) in [6.45, 7) is 3.83. The molecule has 0 aliphatic carbocycles. The molecule has 0 bridgehead atoms. The van der Waals surface area contributed by atoms with Crippen LogP contribution in [0, 0.1) is 13.8 Å². The number of nitrogens with one attached hydrogen (secondary N) is 1. The molecule has 0 unspecified atom stereocenters. The van der Waals surface area contributed by atoms with Crippen LogP contribution in [0.3, 0.4) is 0 Å². The highest BCUT2D eigenvalue weighted by atomic mass is 16.3. The van der Waals surface area contributed by atoms with Gasteiger partial charge in [0.05, 0.1) is 6.26 Å². The third-order valence-electron chi connectivity index (χ3n) is 2.35. The molecule has 0 aliphatic heterocycles. The molecule has 3 nitrogen and oxygen atoms in total. The van der Waals surface area contributed by atoms with Gasteiger partial charge in [-0.3, -0.25) is 4.79 Å². The van der Waals surface area contributed by atoms with E-state index in [9.17, 15) is 4.79 Å². The Balaban J connectivity index is 2.17. The Kier molecular flexibility index (Phi) is 2.77. The number of carbonyl (C=O) groups is 1. The van der Waals surface area contributed by atoms with Crippen LogP contribution in [0.15, 0.2) is 41.0 Å². The molecule has 0 saturated carbocycles. The first kappa shape index (κ1) is 10.5. The molecule has 0 atom stereocenters. The Morgan fingerprint density at radius 3 is 2.62 bits per heavy atom. The minimum atomic E-state index is -0.220. The minimum absolute atomic E-state index is 0.220. The second-order valence-corrected chi connectivity index (χ2v) is 3.76. The van der Waals surface area contributed by atoms with Gasteiger partial charge in [0.15, 0.2) is 5.76 Å². The number of hydrogen-bond donors (Lipinski definition) is 1. The van der Waals surface area contributed by atoms with E-state index in [2.05, 4.69) is 5.32 Å². The van der Waals surface area contributed by atoms with E-state index in [0.29, 0.717) is 5.76 Å². The van der Waals surface area contributed by atoms with E-state index in [1.54, 1.807) is 12.3 Å². The molecular weight excluding hydrogens is 202 g/mol. The van der Waals surface area contributed by atoms with Gasteiger partial charge in [-0.15, -0.1) is 0 Å². The fourth-order valence-electron chi connectivity index (χ4n) is 1.45. The summed E-state index contributed by atoms with van der Waals surface area (Å²) in [4.78, 5) is 11.8. The monoisotopic (exact) mass is 215 g/mol. The molecule has 0 saturated heterocycles. The van der Waals surface area contributed by atoms with Crippen molar-refractivity contribution >= 4 is 11.6 Å². The summed E-state index contributed by atoms with van der Waals surface area (Å²) in [5.74, 6) is 0.114. The first-order valence-electron chi connectivity index (χ1n) is 5.09. The summed E-state index contributed by atoms with van der Waals surface area (Å²) in [6, 6.07) is 9.34. The molecule has 2 rings (SSSR count). The normalized spacial score (nSPS) is 10.1. The quantitative estimate of drug-likeness (QED) is 0.836. The van der Waals surface area contributed by atoms with Gasteiger partial charge in [0.1, 0.15) is 0 Å². The molecule has 0 aliphatic rings. The van der Waals surface area contributed by atoms with Crippen LogP contribution < -0.4 is 5.32 Å². The van der Waals surface area contributed by atoms with Crippen LogP contribution in [0.25, 0.3) is 0 Å². The number of para-hydroxylation sites is 1. The Hall–Kier alpha value is -2.03. The van der Waals surface area contributed by atoms with Gasteiger partial charge in [-0.05, 0) is 37.1 Å². The molecule has 82 valence electrons. The highest BCUT2D eigenvalue weighted by Gasteiger charge is 2.10. The van der Waals surface area contributed by atoms with Crippen LogP contribution in [0.1, 0.15) is 21.7 Å². The van der Waals surface area contributed by atoms with Crippen molar-refractivity contribution in [1.29, 1.82) is 0 Å². The van der Waals surface area contributed by atoms with Crippen molar-refractivity contribution in [2.45, 2.75) is 13.8 Å². The van der Waals surface area contributed by atoms with Crippen LogP contribution in [0.4, 0.5) is 5.69 Å². The smallest absolute Gasteiger partial charge is 0.291 e. The molecule has 2 aromatic rings. The second-order valence-electron chi connectivity index (χ2n) is 3.76. The predicted molar refractivity (Wildman–Crippen MR) is 62.6 cm³/mol. The summed E-state index contributed by atoms with van der Waals surface area (Å²) in [7, 11) is 0. The molecular formula is C13H13NO2. The molecule has 1 N–H and O–H groups in total. The molecule has 0 radical (unpaired) electrons. The van der Waals surface area contributed by atoms with Crippen molar-refractivity contribution in [1.82, 2.24) is 0 Å². The Bertz CT molecular complexity index is 514. The van der Waals surface area contributed by atoms with Gasteiger partial charge in [-0.25, -0.2) is 0 Å². The number of benzene rings is 1. The standard InChI is InChI=1S/C13H13NO2/c1-9-7-12(16-8-9)13(15)14-11-6-4-3-5-10(11)2/h3-8H,1-2H3,(H,14,15). The molecule has 1 amide bonds. The zero-order valence-corrected chi connectivity index (χ0v) is 9.28. The fourth-order valence-corrected chi connectivity index (χ4v) is 1.45. The molecule has 1 heterocycles. The summed E-state index contributed by atoms with van der Waals surface area (Å²) >= 11 is 0. The number of aryl methyl sites for hydroxylation is 2. The largest absolute Gasteiger partial charge is 0.459 e. The zero-order valence-electron chi connectivity index (χ0n) is 9.28. The van der Waals surface area contributed by atoms with Crippen LogP contribution >= 0.6 is 0 Å². The van der Waals surface area contributed by atoms with E-state index in [-0.39, 0.29) is 5.91 Å². The second kappa shape index (κ2) is 4.23. The average Bonchev–Trinajstić information content (AvgIpc) is 2.68. The maximum absolute atomic E-state index is 11.8. The fraction of sp³-hybridized carbons (Fsp3) is 0.154. The highest BCUT2D eigenvalue weighted by molar-refractivity contribution is 6.02. The van der Waals surface area contributed by atoms with Gasteiger partial charge >= 0.3 is 0 Å². The molecule has 16 heavy (non-hydrogen) atoms. The van der Waals surface area contributed by atoms with Crippen LogP contribution in [0.5, 0.6) is 0 Å². The van der Waals surface area contributed by atoms with Crippen molar-refractivity contribution in [2.75, 3.05) is 5.32 Å². The van der Waals surface area contributed by atoms with Crippen molar-refractivity contribution in [3.63, 3.8) is 0 Å². The lowest BCUT2D eigenvalue weighted by Crippen LogP contribution is -2.11. The van der Waals surface area contributed by atoms with Crippen molar-refractivity contribution in [2.24, 2.45) is 0 Å². The average molecular weight is 215 g/mol. The van der Waals surface area contributed by atoms with Gasteiger partial charge in [0.2, 0.25) is 0 Å². The zero-order chi connectivity index (χ0) is 11.5. The topological polar surface area (TPSA) is 42.2 Å². The number of anilines is 1.